The van der Waals surface area contributed by atoms with Gasteiger partial charge in [-0.15, -0.1) is 0 Å². The van der Waals surface area contributed by atoms with Crippen LogP contribution < -0.4 is 14.8 Å². The SMILES string of the molecule is COc1ccc2cc(-c3cc(-c4cc(C(F)(F)F)ccc4OCC4CC4)nn3[C@@H](C)c3ccc(C(=O)NCCC(=O)O)cc3)ccc2c1. The normalized spacial score (nSPS) is 13.7. The molecular formula is C37H34F3N3O5. The zero-order chi connectivity index (χ0) is 34.0. The molecule has 48 heavy (non-hydrogen) atoms. The van der Waals surface area contributed by atoms with Crippen LogP contribution in [0.3, 0.4) is 0 Å². The number of aliphatic carboxylic acids is 1. The van der Waals surface area contributed by atoms with E-state index in [-0.39, 0.29) is 18.5 Å². The van der Waals surface area contributed by atoms with Gasteiger partial charge in [-0.1, -0.05) is 30.3 Å². The van der Waals surface area contributed by atoms with E-state index < -0.39 is 29.7 Å². The Labute approximate surface area is 275 Å². The van der Waals surface area contributed by atoms with Crippen LogP contribution in [0.1, 0.15) is 53.7 Å². The lowest BCUT2D eigenvalue weighted by molar-refractivity contribution is -0.138. The number of alkyl halides is 3. The summed E-state index contributed by atoms with van der Waals surface area (Å²) in [7, 11) is 1.60. The van der Waals surface area contributed by atoms with Crippen molar-refractivity contribution >= 4 is 22.6 Å². The molecule has 0 bridgehead atoms. The topological polar surface area (TPSA) is 103 Å². The summed E-state index contributed by atoms with van der Waals surface area (Å²) >= 11 is 0. The highest BCUT2D eigenvalue weighted by Crippen LogP contribution is 2.40. The number of fused-ring (bicyclic) bond motifs is 1. The first-order valence-electron chi connectivity index (χ1n) is 15.6. The maximum Gasteiger partial charge on any atom is 0.416 e. The fraction of sp³-hybridized carbons (Fsp3) is 0.270. The van der Waals surface area contributed by atoms with Crippen LogP contribution in [0.4, 0.5) is 13.2 Å². The highest BCUT2D eigenvalue weighted by molar-refractivity contribution is 5.94. The van der Waals surface area contributed by atoms with Crippen LogP contribution in [0.5, 0.6) is 11.5 Å². The van der Waals surface area contributed by atoms with E-state index in [1.807, 2.05) is 43.3 Å². The van der Waals surface area contributed by atoms with E-state index in [4.69, 9.17) is 19.7 Å². The second-order valence-corrected chi connectivity index (χ2v) is 11.9. The van der Waals surface area contributed by atoms with Crippen LogP contribution in [-0.2, 0) is 11.0 Å². The van der Waals surface area contributed by atoms with E-state index in [0.29, 0.717) is 35.2 Å². The largest absolute Gasteiger partial charge is 0.497 e. The number of carboxylic acid groups (broad SMARTS) is 1. The zero-order valence-electron chi connectivity index (χ0n) is 26.4. The molecule has 0 spiro atoms. The summed E-state index contributed by atoms with van der Waals surface area (Å²) in [4.78, 5) is 23.3. The minimum absolute atomic E-state index is 0.00613. The van der Waals surface area contributed by atoms with Crippen LogP contribution in [0.2, 0.25) is 0 Å². The molecule has 1 aliphatic carbocycles. The highest BCUT2D eigenvalue weighted by atomic mass is 19.4. The van der Waals surface area contributed by atoms with E-state index in [1.165, 1.54) is 6.07 Å². The maximum atomic E-state index is 13.9. The Morgan fingerprint density at radius 3 is 2.40 bits per heavy atom. The van der Waals surface area contributed by atoms with E-state index in [9.17, 15) is 22.8 Å². The minimum atomic E-state index is -4.55. The molecule has 1 amide bonds. The first kappa shape index (κ1) is 32.6. The van der Waals surface area contributed by atoms with Gasteiger partial charge >= 0.3 is 12.1 Å². The number of nitrogens with zero attached hydrogens (tertiary/aromatic N) is 2. The molecule has 6 rings (SSSR count). The first-order chi connectivity index (χ1) is 23.0. The maximum absolute atomic E-state index is 13.9. The van der Waals surface area contributed by atoms with Crippen molar-refractivity contribution in [2.45, 2.75) is 38.4 Å². The Morgan fingerprint density at radius 2 is 1.71 bits per heavy atom. The van der Waals surface area contributed by atoms with E-state index in [1.54, 1.807) is 42.1 Å². The molecule has 1 atom stereocenters. The van der Waals surface area contributed by atoms with Crippen molar-refractivity contribution in [3.63, 3.8) is 0 Å². The standard InChI is InChI=1S/C37H34F3N3O5/c1-22(24-5-7-25(8-6-24)36(46)41-16-15-35(44)45)43-33(28-10-9-27-18-30(47-2)13-11-26(27)17-28)20-32(42-43)31-19-29(37(38,39)40)12-14-34(31)48-21-23-3-4-23/h5-14,17-20,22-23H,3-4,15-16,21H2,1-2H3,(H,41,46)(H,44,45)/t22-/m0/s1. The number of aromatic nitrogens is 2. The van der Waals surface area contributed by atoms with Gasteiger partial charge in [0.25, 0.3) is 5.91 Å². The van der Waals surface area contributed by atoms with Gasteiger partial charge in [0.2, 0.25) is 0 Å². The lowest BCUT2D eigenvalue weighted by atomic mass is 10.0. The van der Waals surface area contributed by atoms with Gasteiger partial charge in [-0.05, 0) is 96.6 Å². The van der Waals surface area contributed by atoms with Crippen molar-refractivity contribution in [2.24, 2.45) is 5.92 Å². The van der Waals surface area contributed by atoms with Gasteiger partial charge < -0.3 is 19.9 Å². The summed E-state index contributed by atoms with van der Waals surface area (Å²) in [6, 6.07) is 23.4. The summed E-state index contributed by atoms with van der Waals surface area (Å²) in [6.45, 7) is 2.35. The fourth-order valence-corrected chi connectivity index (χ4v) is 5.51. The monoisotopic (exact) mass is 657 g/mol. The Morgan fingerprint density at radius 1 is 0.979 bits per heavy atom. The van der Waals surface area contributed by atoms with E-state index in [2.05, 4.69) is 5.32 Å². The molecule has 11 heteroatoms. The van der Waals surface area contributed by atoms with Crippen molar-refractivity contribution in [1.82, 2.24) is 15.1 Å². The molecule has 0 radical (unpaired) electrons. The highest BCUT2D eigenvalue weighted by Gasteiger charge is 2.32. The third-order valence-electron chi connectivity index (χ3n) is 8.48. The quantitative estimate of drug-likeness (QED) is 0.141. The number of rotatable bonds is 12. The molecule has 0 aliphatic heterocycles. The molecule has 1 aromatic heterocycles. The van der Waals surface area contributed by atoms with Gasteiger partial charge in [-0.25, -0.2) is 0 Å². The Balaban J connectivity index is 1.42. The number of carboxylic acids is 1. The molecule has 8 nitrogen and oxygen atoms in total. The molecule has 248 valence electrons. The third kappa shape index (κ3) is 7.30. The number of hydrogen-bond donors (Lipinski definition) is 2. The number of methoxy groups -OCH3 is 1. The summed E-state index contributed by atoms with van der Waals surface area (Å²) in [5.74, 6) is 0.0492. The van der Waals surface area contributed by atoms with Crippen LogP contribution in [-0.4, -0.2) is 47.0 Å². The number of benzene rings is 4. The van der Waals surface area contributed by atoms with Gasteiger partial charge in [0.05, 0.1) is 43.1 Å². The van der Waals surface area contributed by atoms with Crippen molar-refractivity contribution in [2.75, 3.05) is 20.3 Å². The average molecular weight is 658 g/mol. The van der Waals surface area contributed by atoms with Crippen LogP contribution in [0.25, 0.3) is 33.3 Å². The van der Waals surface area contributed by atoms with Crippen molar-refractivity contribution < 1.29 is 37.3 Å². The molecular weight excluding hydrogens is 623 g/mol. The summed E-state index contributed by atoms with van der Waals surface area (Å²) in [5, 5.41) is 18.2. The van der Waals surface area contributed by atoms with Crippen molar-refractivity contribution in [3.05, 3.63) is 102 Å². The lowest BCUT2D eigenvalue weighted by Gasteiger charge is -2.17. The second-order valence-electron chi connectivity index (χ2n) is 11.9. The van der Waals surface area contributed by atoms with Gasteiger partial charge in [-0.3, -0.25) is 14.3 Å². The number of hydrogen-bond acceptors (Lipinski definition) is 5. The molecule has 5 aromatic rings. The molecule has 1 heterocycles. The van der Waals surface area contributed by atoms with E-state index >= 15 is 0 Å². The van der Waals surface area contributed by atoms with Gasteiger partial charge in [0, 0.05) is 23.2 Å². The fourth-order valence-electron chi connectivity index (χ4n) is 5.51. The van der Waals surface area contributed by atoms with Crippen LogP contribution >= 0.6 is 0 Å². The number of carbonyl (C=O) groups excluding carboxylic acids is 1. The first-order valence-corrected chi connectivity index (χ1v) is 15.6. The molecule has 1 fully saturated rings. The number of nitrogens with one attached hydrogen (secondary N) is 1. The van der Waals surface area contributed by atoms with Gasteiger partial charge in [-0.2, -0.15) is 18.3 Å². The van der Waals surface area contributed by atoms with Crippen LogP contribution in [0, 0.1) is 5.92 Å². The Bertz CT molecular complexity index is 1970. The Kier molecular flexibility index (Phi) is 9.12. The number of amides is 1. The van der Waals surface area contributed by atoms with E-state index in [0.717, 1.165) is 52.6 Å². The number of carbonyl (C=O) groups is 2. The summed E-state index contributed by atoms with van der Waals surface area (Å²) in [6.07, 6.45) is -2.68. The smallest absolute Gasteiger partial charge is 0.416 e. The van der Waals surface area contributed by atoms with Gasteiger partial charge in [0.15, 0.2) is 0 Å². The minimum Gasteiger partial charge on any atom is -0.497 e. The number of ether oxygens (including phenoxy) is 2. The zero-order valence-corrected chi connectivity index (χ0v) is 26.4. The van der Waals surface area contributed by atoms with Crippen molar-refractivity contribution in [3.8, 4) is 34.0 Å². The summed E-state index contributed by atoms with van der Waals surface area (Å²) < 4.78 is 54.9. The molecule has 2 N–H and O–H groups in total. The third-order valence-corrected chi connectivity index (χ3v) is 8.48. The Hall–Kier alpha value is -5.32. The number of halogens is 3. The average Bonchev–Trinajstić information content (AvgIpc) is 3.81. The predicted octanol–water partition coefficient (Wildman–Crippen LogP) is 8.00. The molecule has 4 aromatic carbocycles. The summed E-state index contributed by atoms with van der Waals surface area (Å²) in [5.41, 5.74) is 2.43. The molecule has 0 saturated heterocycles. The molecule has 1 aliphatic rings. The van der Waals surface area contributed by atoms with Crippen molar-refractivity contribution in [1.29, 1.82) is 0 Å². The molecule has 1 saturated carbocycles. The van der Waals surface area contributed by atoms with Crippen LogP contribution in [0.15, 0.2) is 84.9 Å². The lowest BCUT2D eigenvalue weighted by Crippen LogP contribution is -2.26. The molecule has 0 unspecified atom stereocenters. The van der Waals surface area contributed by atoms with Gasteiger partial charge in [0.1, 0.15) is 11.5 Å². The predicted molar refractivity (Wildman–Crippen MR) is 175 cm³/mol. The second kappa shape index (κ2) is 13.4.